The Morgan fingerprint density at radius 3 is 2.95 bits per heavy atom. The van der Waals surface area contributed by atoms with E-state index < -0.39 is 11.9 Å². The van der Waals surface area contributed by atoms with Crippen LogP contribution in [-0.2, 0) is 16.0 Å². The van der Waals surface area contributed by atoms with E-state index in [-0.39, 0.29) is 19.1 Å². The van der Waals surface area contributed by atoms with Gasteiger partial charge in [0.2, 0.25) is 0 Å². The molecule has 1 heterocycles. The first-order valence-electron chi connectivity index (χ1n) is 7.32. The summed E-state index contributed by atoms with van der Waals surface area (Å²) < 4.78 is 5.52. The van der Waals surface area contributed by atoms with E-state index >= 15 is 0 Å². The summed E-state index contributed by atoms with van der Waals surface area (Å²) in [6.07, 6.45) is 2.28. The minimum atomic E-state index is -0.830. The molecule has 5 heteroatoms. The lowest BCUT2D eigenvalue weighted by atomic mass is 9.98. The number of carbonyl (C=O) groups excluding carboxylic acids is 1. The predicted octanol–water partition coefficient (Wildman–Crippen LogP) is 1.95. The van der Waals surface area contributed by atoms with E-state index in [1.807, 2.05) is 24.3 Å². The van der Waals surface area contributed by atoms with Crippen LogP contribution in [0.15, 0.2) is 24.3 Å². The molecule has 0 unspecified atom stereocenters. The van der Waals surface area contributed by atoms with Crippen molar-refractivity contribution in [2.24, 2.45) is 5.92 Å². The highest BCUT2D eigenvalue weighted by Crippen LogP contribution is 2.18. The molecule has 5 nitrogen and oxygen atoms in total. The molecule has 1 fully saturated rings. The number of hydrogen-bond donors (Lipinski definition) is 1. The minimum Gasteiger partial charge on any atom is -0.484 e. The van der Waals surface area contributed by atoms with Crippen molar-refractivity contribution in [3.05, 3.63) is 29.8 Å². The Balaban J connectivity index is 1.87. The summed E-state index contributed by atoms with van der Waals surface area (Å²) in [5.41, 5.74) is 1.16. The second-order valence-electron chi connectivity index (χ2n) is 5.31. The first-order chi connectivity index (χ1) is 10.1. The van der Waals surface area contributed by atoms with Crippen LogP contribution in [0, 0.1) is 5.92 Å². The van der Waals surface area contributed by atoms with Gasteiger partial charge in [0.25, 0.3) is 5.91 Å². The first-order valence-corrected chi connectivity index (χ1v) is 7.32. The van der Waals surface area contributed by atoms with Gasteiger partial charge in [-0.05, 0) is 37.0 Å². The summed E-state index contributed by atoms with van der Waals surface area (Å²) in [7, 11) is 0. The number of piperidine rings is 1. The van der Waals surface area contributed by atoms with Crippen LogP contribution in [0.4, 0.5) is 0 Å². The van der Waals surface area contributed by atoms with Gasteiger partial charge in [0.1, 0.15) is 5.75 Å². The summed E-state index contributed by atoms with van der Waals surface area (Å²) in [6.45, 7) is 2.91. The zero-order chi connectivity index (χ0) is 15.2. The van der Waals surface area contributed by atoms with E-state index in [0.29, 0.717) is 18.7 Å². The van der Waals surface area contributed by atoms with Crippen molar-refractivity contribution in [3.8, 4) is 5.75 Å². The topological polar surface area (TPSA) is 66.8 Å². The van der Waals surface area contributed by atoms with Crippen molar-refractivity contribution in [1.29, 1.82) is 0 Å². The molecular formula is C16H21NO4. The number of ether oxygens (including phenoxy) is 1. The second-order valence-corrected chi connectivity index (χ2v) is 5.31. The highest BCUT2D eigenvalue weighted by molar-refractivity contribution is 5.79. The highest BCUT2D eigenvalue weighted by atomic mass is 16.5. The molecule has 0 saturated carbocycles. The summed E-state index contributed by atoms with van der Waals surface area (Å²) in [4.78, 5) is 24.7. The third-order valence-electron chi connectivity index (χ3n) is 3.79. The number of aliphatic carboxylic acids is 1. The van der Waals surface area contributed by atoms with E-state index in [4.69, 9.17) is 9.84 Å². The van der Waals surface area contributed by atoms with Gasteiger partial charge >= 0.3 is 5.97 Å². The molecule has 1 N–H and O–H groups in total. The number of aryl methyl sites for hydroxylation is 1. The molecule has 1 atom stereocenters. The standard InChI is InChI=1S/C16H21NO4/c1-2-12-5-3-7-14(9-12)21-11-15(18)17-8-4-6-13(10-17)16(19)20/h3,5,7,9,13H,2,4,6,8,10-11H2,1H3,(H,19,20)/t13-/m0/s1. The fourth-order valence-electron chi connectivity index (χ4n) is 2.50. The molecule has 0 spiro atoms. The number of carboxylic acids is 1. The largest absolute Gasteiger partial charge is 0.484 e. The summed E-state index contributed by atoms with van der Waals surface area (Å²) >= 11 is 0. The molecule has 1 aliphatic heterocycles. The van der Waals surface area contributed by atoms with Crippen LogP contribution < -0.4 is 4.74 Å². The SMILES string of the molecule is CCc1cccc(OCC(=O)N2CCC[C@H](C(=O)O)C2)c1. The molecular weight excluding hydrogens is 270 g/mol. The number of rotatable bonds is 5. The smallest absolute Gasteiger partial charge is 0.308 e. The fourth-order valence-corrected chi connectivity index (χ4v) is 2.50. The summed E-state index contributed by atoms with van der Waals surface area (Å²) in [5.74, 6) is -0.757. The van der Waals surface area contributed by atoms with Gasteiger partial charge < -0.3 is 14.7 Å². The molecule has 0 aliphatic carbocycles. The normalized spacial score (nSPS) is 18.3. The Hall–Kier alpha value is -2.04. The molecule has 21 heavy (non-hydrogen) atoms. The van der Waals surface area contributed by atoms with Crippen LogP contribution in [0.3, 0.4) is 0 Å². The molecule has 1 aromatic carbocycles. The maximum absolute atomic E-state index is 12.1. The highest BCUT2D eigenvalue weighted by Gasteiger charge is 2.28. The number of benzene rings is 1. The van der Waals surface area contributed by atoms with E-state index in [1.54, 1.807) is 4.90 Å². The van der Waals surface area contributed by atoms with Crippen molar-refractivity contribution in [2.75, 3.05) is 19.7 Å². The number of nitrogens with zero attached hydrogens (tertiary/aromatic N) is 1. The van der Waals surface area contributed by atoms with Gasteiger partial charge in [-0.15, -0.1) is 0 Å². The molecule has 0 radical (unpaired) electrons. The molecule has 1 amide bonds. The minimum absolute atomic E-state index is 0.0422. The molecule has 0 aromatic heterocycles. The van der Waals surface area contributed by atoms with Crippen molar-refractivity contribution >= 4 is 11.9 Å². The number of amides is 1. The molecule has 2 rings (SSSR count). The van der Waals surface area contributed by atoms with Crippen LogP contribution >= 0.6 is 0 Å². The maximum Gasteiger partial charge on any atom is 0.308 e. The Labute approximate surface area is 124 Å². The van der Waals surface area contributed by atoms with Gasteiger partial charge in [0, 0.05) is 13.1 Å². The average molecular weight is 291 g/mol. The van der Waals surface area contributed by atoms with E-state index in [0.717, 1.165) is 18.4 Å². The van der Waals surface area contributed by atoms with Gasteiger partial charge in [-0.2, -0.15) is 0 Å². The number of likely N-dealkylation sites (tertiary alicyclic amines) is 1. The molecule has 114 valence electrons. The van der Waals surface area contributed by atoms with E-state index in [9.17, 15) is 9.59 Å². The monoisotopic (exact) mass is 291 g/mol. The Morgan fingerprint density at radius 1 is 1.43 bits per heavy atom. The molecule has 0 bridgehead atoms. The second kappa shape index (κ2) is 7.11. The van der Waals surface area contributed by atoms with Crippen LogP contribution in [0.1, 0.15) is 25.3 Å². The number of hydrogen-bond acceptors (Lipinski definition) is 3. The summed E-state index contributed by atoms with van der Waals surface area (Å²) in [5, 5.41) is 9.03. The van der Waals surface area contributed by atoms with Crippen molar-refractivity contribution in [3.63, 3.8) is 0 Å². The fraction of sp³-hybridized carbons (Fsp3) is 0.500. The van der Waals surface area contributed by atoms with Gasteiger partial charge in [0.05, 0.1) is 5.92 Å². The molecule has 1 aromatic rings. The van der Waals surface area contributed by atoms with Crippen LogP contribution in [0.5, 0.6) is 5.75 Å². The third-order valence-corrected chi connectivity index (χ3v) is 3.79. The van der Waals surface area contributed by atoms with Crippen molar-refractivity contribution in [2.45, 2.75) is 26.2 Å². The molecule has 1 saturated heterocycles. The van der Waals surface area contributed by atoms with Gasteiger partial charge in [-0.3, -0.25) is 9.59 Å². The van der Waals surface area contributed by atoms with Gasteiger partial charge in [-0.25, -0.2) is 0 Å². The van der Waals surface area contributed by atoms with Crippen LogP contribution in [0.2, 0.25) is 0 Å². The first kappa shape index (κ1) is 15.4. The average Bonchev–Trinajstić information content (AvgIpc) is 2.53. The summed E-state index contributed by atoms with van der Waals surface area (Å²) in [6, 6.07) is 7.66. The predicted molar refractivity (Wildman–Crippen MR) is 78.3 cm³/mol. The third kappa shape index (κ3) is 4.21. The maximum atomic E-state index is 12.1. The zero-order valence-corrected chi connectivity index (χ0v) is 12.2. The van der Waals surface area contributed by atoms with Gasteiger partial charge in [-0.1, -0.05) is 19.1 Å². The van der Waals surface area contributed by atoms with Crippen LogP contribution in [0.25, 0.3) is 0 Å². The van der Waals surface area contributed by atoms with Crippen molar-refractivity contribution in [1.82, 2.24) is 4.90 Å². The lowest BCUT2D eigenvalue weighted by Crippen LogP contribution is -2.44. The zero-order valence-electron chi connectivity index (χ0n) is 12.2. The Bertz CT molecular complexity index is 515. The van der Waals surface area contributed by atoms with Gasteiger partial charge in [0.15, 0.2) is 6.61 Å². The number of carboxylic acid groups (broad SMARTS) is 1. The van der Waals surface area contributed by atoms with E-state index in [1.165, 1.54) is 0 Å². The molecule has 1 aliphatic rings. The number of carbonyl (C=O) groups is 2. The Kier molecular flexibility index (Phi) is 5.20. The van der Waals surface area contributed by atoms with E-state index in [2.05, 4.69) is 6.92 Å². The van der Waals surface area contributed by atoms with Crippen molar-refractivity contribution < 1.29 is 19.4 Å². The Morgan fingerprint density at radius 2 is 2.24 bits per heavy atom. The quantitative estimate of drug-likeness (QED) is 0.900. The van der Waals surface area contributed by atoms with Crippen LogP contribution in [-0.4, -0.2) is 41.6 Å². The lowest BCUT2D eigenvalue weighted by molar-refractivity contribution is -0.146. The lowest BCUT2D eigenvalue weighted by Gasteiger charge is -2.30.